The quantitative estimate of drug-likeness (QED) is 0.442. The van der Waals surface area contributed by atoms with E-state index in [0.717, 1.165) is 13.0 Å². The highest BCUT2D eigenvalue weighted by atomic mass is 19.4. The van der Waals surface area contributed by atoms with Crippen molar-refractivity contribution >= 4 is 5.96 Å². The SMILES string of the molecule is C\C(=C/C=C\C=C\CN=C(N)N)C(F)(F)F. The van der Waals surface area contributed by atoms with Crippen LogP contribution in [0.2, 0.25) is 0 Å². The van der Waals surface area contributed by atoms with Crippen LogP contribution in [0, 0.1) is 0 Å². The molecule has 0 saturated carbocycles. The van der Waals surface area contributed by atoms with E-state index in [2.05, 4.69) is 4.99 Å². The van der Waals surface area contributed by atoms with Crippen LogP contribution in [0.3, 0.4) is 0 Å². The minimum atomic E-state index is -4.27. The van der Waals surface area contributed by atoms with E-state index in [4.69, 9.17) is 11.5 Å². The van der Waals surface area contributed by atoms with Crippen LogP contribution >= 0.6 is 0 Å². The molecule has 0 aliphatic rings. The number of hydrogen-bond donors (Lipinski definition) is 2. The van der Waals surface area contributed by atoms with E-state index in [1.54, 1.807) is 12.2 Å². The molecule has 0 rings (SSSR count). The largest absolute Gasteiger partial charge is 0.412 e. The number of nitrogens with two attached hydrogens (primary N) is 2. The maximum absolute atomic E-state index is 12.0. The van der Waals surface area contributed by atoms with Gasteiger partial charge < -0.3 is 11.5 Å². The summed E-state index contributed by atoms with van der Waals surface area (Å²) < 4.78 is 36.0. The Hall–Kier alpha value is -1.72. The molecular formula is C10H14F3N3. The van der Waals surface area contributed by atoms with Crippen molar-refractivity contribution in [2.24, 2.45) is 16.5 Å². The van der Waals surface area contributed by atoms with Crippen LogP contribution in [0.4, 0.5) is 13.2 Å². The van der Waals surface area contributed by atoms with Crippen molar-refractivity contribution in [2.75, 3.05) is 6.54 Å². The van der Waals surface area contributed by atoms with Gasteiger partial charge in [-0.25, -0.2) is 4.99 Å². The van der Waals surface area contributed by atoms with E-state index >= 15 is 0 Å². The minimum absolute atomic E-state index is 0.0264. The molecule has 0 unspecified atom stereocenters. The first kappa shape index (κ1) is 14.3. The molecule has 0 aliphatic carbocycles. The zero-order chi connectivity index (χ0) is 12.6. The van der Waals surface area contributed by atoms with Crippen LogP contribution in [0.5, 0.6) is 0 Å². The Morgan fingerprint density at radius 3 is 2.31 bits per heavy atom. The van der Waals surface area contributed by atoms with Crippen molar-refractivity contribution in [3.63, 3.8) is 0 Å². The summed E-state index contributed by atoms with van der Waals surface area (Å²) in [6.45, 7) is 1.31. The van der Waals surface area contributed by atoms with Gasteiger partial charge in [0, 0.05) is 5.57 Å². The fourth-order valence-electron chi connectivity index (χ4n) is 0.656. The summed E-state index contributed by atoms with van der Waals surface area (Å²) in [6.07, 6.45) is 2.67. The lowest BCUT2D eigenvalue weighted by Gasteiger charge is -2.03. The molecule has 0 heterocycles. The molecule has 0 spiro atoms. The van der Waals surface area contributed by atoms with E-state index in [0.29, 0.717) is 6.54 Å². The Morgan fingerprint density at radius 1 is 1.19 bits per heavy atom. The number of guanidine groups is 1. The van der Waals surface area contributed by atoms with Crippen molar-refractivity contribution in [2.45, 2.75) is 13.1 Å². The lowest BCUT2D eigenvalue weighted by Crippen LogP contribution is -2.22. The van der Waals surface area contributed by atoms with Crippen LogP contribution < -0.4 is 11.5 Å². The predicted molar refractivity (Wildman–Crippen MR) is 58.8 cm³/mol. The summed E-state index contributed by atoms with van der Waals surface area (Å²) in [5.41, 5.74) is 9.47. The van der Waals surface area contributed by atoms with Crippen LogP contribution in [0.25, 0.3) is 0 Å². The number of rotatable bonds is 4. The van der Waals surface area contributed by atoms with E-state index < -0.39 is 11.7 Å². The first-order valence-electron chi connectivity index (χ1n) is 4.46. The van der Waals surface area contributed by atoms with Crippen LogP contribution in [-0.2, 0) is 0 Å². The van der Waals surface area contributed by atoms with Gasteiger partial charge in [-0.15, -0.1) is 0 Å². The molecule has 0 aromatic rings. The van der Waals surface area contributed by atoms with Crippen molar-refractivity contribution in [1.82, 2.24) is 0 Å². The molecule has 0 aromatic heterocycles. The third-order valence-corrected chi connectivity index (χ3v) is 1.53. The standard InChI is InChI=1S/C10H14F3N3/c1-8(10(11,12)13)6-4-2-3-5-7-16-9(14)15/h2-6H,7H2,1H3,(H4,14,15,16)/b4-2-,5-3+,8-6+. The average molecular weight is 233 g/mol. The molecule has 0 aromatic carbocycles. The molecule has 0 radical (unpaired) electrons. The Morgan fingerprint density at radius 2 is 1.81 bits per heavy atom. The van der Waals surface area contributed by atoms with Crippen molar-refractivity contribution in [1.29, 1.82) is 0 Å². The lowest BCUT2D eigenvalue weighted by atomic mass is 10.2. The molecular weight excluding hydrogens is 219 g/mol. The monoisotopic (exact) mass is 233 g/mol. The van der Waals surface area contributed by atoms with Gasteiger partial charge in [0.25, 0.3) is 0 Å². The minimum Gasteiger partial charge on any atom is -0.370 e. The number of aliphatic imine (C=N–C) groups is 1. The molecule has 0 aliphatic heterocycles. The summed E-state index contributed by atoms with van der Waals surface area (Å²) in [6, 6.07) is 0. The van der Waals surface area contributed by atoms with E-state index in [1.165, 1.54) is 12.2 Å². The normalized spacial score (nSPS) is 13.6. The van der Waals surface area contributed by atoms with Crippen LogP contribution in [0.15, 0.2) is 40.9 Å². The Kier molecular flexibility index (Phi) is 5.99. The average Bonchev–Trinajstić information content (AvgIpc) is 2.14. The van der Waals surface area contributed by atoms with E-state index in [1.807, 2.05) is 0 Å². The first-order valence-corrected chi connectivity index (χ1v) is 4.46. The molecule has 6 heteroatoms. The maximum Gasteiger partial charge on any atom is 0.412 e. The third-order valence-electron chi connectivity index (χ3n) is 1.53. The highest BCUT2D eigenvalue weighted by Crippen LogP contribution is 2.24. The van der Waals surface area contributed by atoms with Crippen molar-refractivity contribution in [3.8, 4) is 0 Å². The van der Waals surface area contributed by atoms with Gasteiger partial charge in [0.05, 0.1) is 6.54 Å². The van der Waals surface area contributed by atoms with Gasteiger partial charge in [-0.1, -0.05) is 30.4 Å². The summed E-state index contributed by atoms with van der Waals surface area (Å²) in [5, 5.41) is 0. The molecule has 0 amide bonds. The van der Waals surface area contributed by atoms with E-state index in [9.17, 15) is 13.2 Å². The molecule has 90 valence electrons. The van der Waals surface area contributed by atoms with Gasteiger partial charge in [0.1, 0.15) is 0 Å². The highest BCUT2D eigenvalue weighted by Gasteiger charge is 2.29. The summed E-state index contributed by atoms with van der Waals surface area (Å²) >= 11 is 0. The van der Waals surface area contributed by atoms with Crippen molar-refractivity contribution < 1.29 is 13.2 Å². The zero-order valence-corrected chi connectivity index (χ0v) is 8.83. The van der Waals surface area contributed by atoms with Gasteiger partial charge in [-0.05, 0) is 6.92 Å². The third kappa shape index (κ3) is 7.66. The molecule has 16 heavy (non-hydrogen) atoms. The van der Waals surface area contributed by atoms with Gasteiger partial charge >= 0.3 is 6.18 Å². The lowest BCUT2D eigenvalue weighted by molar-refractivity contribution is -0.0912. The Balaban J connectivity index is 4.08. The molecule has 3 nitrogen and oxygen atoms in total. The zero-order valence-electron chi connectivity index (χ0n) is 8.83. The van der Waals surface area contributed by atoms with Gasteiger partial charge in [0.2, 0.25) is 0 Å². The smallest absolute Gasteiger partial charge is 0.370 e. The summed E-state index contributed by atoms with van der Waals surface area (Å²) in [7, 11) is 0. The molecule has 0 atom stereocenters. The van der Waals surface area contributed by atoms with Crippen LogP contribution in [-0.4, -0.2) is 18.7 Å². The second kappa shape index (κ2) is 6.71. The van der Waals surface area contributed by atoms with Gasteiger partial charge in [-0.3, -0.25) is 0 Å². The topological polar surface area (TPSA) is 64.4 Å². The second-order valence-corrected chi connectivity index (χ2v) is 2.93. The fraction of sp³-hybridized carbons (Fsp3) is 0.300. The Labute approximate surface area is 92.0 Å². The van der Waals surface area contributed by atoms with Crippen molar-refractivity contribution in [3.05, 3.63) is 36.0 Å². The highest BCUT2D eigenvalue weighted by molar-refractivity contribution is 5.75. The number of alkyl halides is 3. The van der Waals surface area contributed by atoms with Gasteiger partial charge in [0.15, 0.2) is 5.96 Å². The summed E-state index contributed by atoms with van der Waals surface area (Å²) in [5.74, 6) is -0.0264. The maximum atomic E-state index is 12.0. The molecule has 0 bridgehead atoms. The number of nitrogens with zero attached hydrogens (tertiary/aromatic N) is 1. The molecule has 0 fully saturated rings. The molecule has 0 saturated heterocycles. The molecule has 4 N–H and O–H groups in total. The van der Waals surface area contributed by atoms with E-state index in [-0.39, 0.29) is 5.96 Å². The second-order valence-electron chi connectivity index (χ2n) is 2.93. The summed E-state index contributed by atoms with van der Waals surface area (Å²) in [4.78, 5) is 3.65. The van der Waals surface area contributed by atoms with Gasteiger partial charge in [-0.2, -0.15) is 13.2 Å². The number of halogens is 3. The fourth-order valence-corrected chi connectivity index (χ4v) is 0.656. The first-order chi connectivity index (χ1) is 7.34. The van der Waals surface area contributed by atoms with Crippen LogP contribution in [0.1, 0.15) is 6.92 Å². The number of hydrogen-bond acceptors (Lipinski definition) is 1. The number of allylic oxidation sites excluding steroid dienone is 5. The Bertz CT molecular complexity index is 321. The predicted octanol–water partition coefficient (Wildman–Crippen LogP) is 1.88.